The van der Waals surface area contributed by atoms with Gasteiger partial charge in [-0.05, 0) is 25.7 Å². The molecule has 1 saturated carbocycles. The zero-order valence-electron chi connectivity index (χ0n) is 12.1. The van der Waals surface area contributed by atoms with Crippen molar-refractivity contribution in [2.45, 2.75) is 52.1 Å². The molecule has 19 heavy (non-hydrogen) atoms. The number of rotatable bonds is 3. The Balaban J connectivity index is 1.80. The van der Waals surface area contributed by atoms with Crippen molar-refractivity contribution in [1.82, 2.24) is 15.6 Å². The van der Waals surface area contributed by atoms with Crippen LogP contribution in [0.4, 0.5) is 0 Å². The molecular formula is C14H24N4S. The van der Waals surface area contributed by atoms with Crippen molar-refractivity contribution in [2.24, 2.45) is 10.9 Å². The lowest BCUT2D eigenvalue weighted by atomic mass is 9.87. The van der Waals surface area contributed by atoms with Gasteiger partial charge in [-0.3, -0.25) is 4.99 Å². The Morgan fingerprint density at radius 2 is 2.37 bits per heavy atom. The molecule has 1 fully saturated rings. The molecule has 4 nitrogen and oxygen atoms in total. The zero-order valence-corrected chi connectivity index (χ0v) is 12.9. The highest BCUT2D eigenvalue weighted by molar-refractivity contribution is 7.11. The highest BCUT2D eigenvalue weighted by atomic mass is 32.1. The maximum atomic E-state index is 4.35. The summed E-state index contributed by atoms with van der Waals surface area (Å²) in [5.74, 6) is 1.72. The van der Waals surface area contributed by atoms with E-state index >= 15 is 0 Å². The van der Waals surface area contributed by atoms with Gasteiger partial charge in [0.1, 0.15) is 5.01 Å². The van der Waals surface area contributed by atoms with Gasteiger partial charge in [0.15, 0.2) is 5.96 Å². The average molecular weight is 280 g/mol. The molecule has 1 aliphatic rings. The molecule has 106 valence electrons. The molecule has 2 rings (SSSR count). The number of hydrogen-bond donors (Lipinski definition) is 2. The molecule has 5 heteroatoms. The fraction of sp³-hybridized carbons (Fsp3) is 0.714. The Morgan fingerprint density at radius 3 is 3.00 bits per heavy atom. The number of aromatic nitrogens is 1. The van der Waals surface area contributed by atoms with Crippen molar-refractivity contribution in [3.8, 4) is 0 Å². The third-order valence-corrected chi connectivity index (χ3v) is 4.49. The number of nitrogens with zero attached hydrogens (tertiary/aromatic N) is 2. The Hall–Kier alpha value is -1.10. The SMILES string of the molecule is CN=C(NCc1ncc(C)s1)NC1CCCC(C)C1. The first-order chi connectivity index (χ1) is 9.17. The van der Waals surface area contributed by atoms with Crippen LogP contribution in [0, 0.1) is 12.8 Å². The van der Waals surface area contributed by atoms with Crippen LogP contribution >= 0.6 is 11.3 Å². The van der Waals surface area contributed by atoms with E-state index in [1.807, 2.05) is 13.2 Å². The summed E-state index contributed by atoms with van der Waals surface area (Å²) in [6.07, 6.45) is 7.10. The van der Waals surface area contributed by atoms with Crippen LogP contribution in [0.15, 0.2) is 11.2 Å². The van der Waals surface area contributed by atoms with E-state index in [1.165, 1.54) is 30.6 Å². The summed E-state index contributed by atoms with van der Waals surface area (Å²) < 4.78 is 0. The molecule has 0 amide bonds. The van der Waals surface area contributed by atoms with E-state index in [0.717, 1.165) is 23.4 Å². The third kappa shape index (κ3) is 4.49. The second-order valence-corrected chi connectivity index (χ2v) is 6.72. The normalized spacial score (nSPS) is 24.3. The van der Waals surface area contributed by atoms with E-state index in [1.54, 1.807) is 11.3 Å². The topological polar surface area (TPSA) is 49.3 Å². The number of nitrogens with one attached hydrogen (secondary N) is 2. The molecule has 1 aromatic heterocycles. The van der Waals surface area contributed by atoms with Gasteiger partial charge in [-0.2, -0.15) is 0 Å². The van der Waals surface area contributed by atoms with Crippen LogP contribution in [0.2, 0.25) is 0 Å². The first kappa shape index (κ1) is 14.3. The molecule has 0 aliphatic heterocycles. The lowest BCUT2D eigenvalue weighted by molar-refractivity contribution is 0.324. The lowest BCUT2D eigenvalue weighted by Gasteiger charge is -2.28. The summed E-state index contributed by atoms with van der Waals surface area (Å²) in [5, 5.41) is 7.99. The minimum absolute atomic E-state index is 0.563. The van der Waals surface area contributed by atoms with Gasteiger partial charge in [-0.1, -0.05) is 19.8 Å². The van der Waals surface area contributed by atoms with Crippen LogP contribution in [0.25, 0.3) is 0 Å². The van der Waals surface area contributed by atoms with E-state index in [2.05, 4.69) is 34.5 Å². The summed E-state index contributed by atoms with van der Waals surface area (Å²) in [6, 6.07) is 0.563. The number of hydrogen-bond acceptors (Lipinski definition) is 3. The van der Waals surface area contributed by atoms with Crippen LogP contribution in [0.5, 0.6) is 0 Å². The number of aryl methyl sites for hydroxylation is 1. The largest absolute Gasteiger partial charge is 0.354 e. The monoisotopic (exact) mass is 280 g/mol. The van der Waals surface area contributed by atoms with Crippen LogP contribution < -0.4 is 10.6 Å². The van der Waals surface area contributed by atoms with Crippen molar-refractivity contribution in [1.29, 1.82) is 0 Å². The molecule has 0 aromatic carbocycles. The van der Waals surface area contributed by atoms with Gasteiger partial charge in [-0.15, -0.1) is 11.3 Å². The first-order valence-electron chi connectivity index (χ1n) is 7.06. The van der Waals surface area contributed by atoms with E-state index in [4.69, 9.17) is 0 Å². The average Bonchev–Trinajstić information content (AvgIpc) is 2.80. The fourth-order valence-corrected chi connectivity index (χ4v) is 3.32. The maximum Gasteiger partial charge on any atom is 0.191 e. The summed E-state index contributed by atoms with van der Waals surface area (Å²) in [6.45, 7) is 5.17. The maximum absolute atomic E-state index is 4.35. The molecular weight excluding hydrogens is 256 g/mol. The van der Waals surface area contributed by atoms with Crippen molar-refractivity contribution < 1.29 is 0 Å². The molecule has 0 spiro atoms. The van der Waals surface area contributed by atoms with Crippen LogP contribution in [0.1, 0.15) is 42.5 Å². The van der Waals surface area contributed by atoms with Crippen LogP contribution in [0.3, 0.4) is 0 Å². The minimum atomic E-state index is 0.563. The molecule has 2 N–H and O–H groups in total. The van der Waals surface area contributed by atoms with Gasteiger partial charge in [-0.25, -0.2) is 4.98 Å². The molecule has 2 atom stereocenters. The standard InChI is InChI=1S/C14H24N4S/c1-10-5-4-6-12(7-10)18-14(15-3)17-9-13-16-8-11(2)19-13/h8,10,12H,4-7,9H2,1-3H3,(H2,15,17,18). The molecule has 0 bridgehead atoms. The minimum Gasteiger partial charge on any atom is -0.354 e. The first-order valence-corrected chi connectivity index (χ1v) is 7.87. The highest BCUT2D eigenvalue weighted by Crippen LogP contribution is 2.23. The summed E-state index contributed by atoms with van der Waals surface area (Å²) in [7, 11) is 1.83. The van der Waals surface area contributed by atoms with Crippen LogP contribution in [-0.4, -0.2) is 24.0 Å². The molecule has 1 heterocycles. The van der Waals surface area contributed by atoms with Gasteiger partial charge in [0.2, 0.25) is 0 Å². The van der Waals surface area contributed by atoms with Crippen molar-refractivity contribution >= 4 is 17.3 Å². The zero-order chi connectivity index (χ0) is 13.7. The van der Waals surface area contributed by atoms with Gasteiger partial charge >= 0.3 is 0 Å². The van der Waals surface area contributed by atoms with E-state index in [0.29, 0.717) is 6.04 Å². The van der Waals surface area contributed by atoms with Crippen LogP contribution in [-0.2, 0) is 6.54 Å². The van der Waals surface area contributed by atoms with Crippen molar-refractivity contribution in [2.75, 3.05) is 7.05 Å². The predicted molar refractivity (Wildman–Crippen MR) is 81.6 cm³/mol. The Kier molecular flexibility index (Phi) is 5.19. The second-order valence-electron chi connectivity index (χ2n) is 5.40. The molecule has 0 saturated heterocycles. The predicted octanol–water partition coefficient (Wildman–Crippen LogP) is 2.70. The fourth-order valence-electron chi connectivity index (χ4n) is 2.60. The smallest absolute Gasteiger partial charge is 0.191 e. The quantitative estimate of drug-likeness (QED) is 0.661. The summed E-state index contributed by atoms with van der Waals surface area (Å²) in [4.78, 5) is 9.91. The van der Waals surface area contributed by atoms with E-state index < -0.39 is 0 Å². The van der Waals surface area contributed by atoms with Crippen molar-refractivity contribution in [3.05, 3.63) is 16.1 Å². The lowest BCUT2D eigenvalue weighted by Crippen LogP contribution is -2.44. The molecule has 1 aliphatic carbocycles. The molecule has 2 unspecified atom stereocenters. The number of guanidine groups is 1. The third-order valence-electron chi connectivity index (χ3n) is 3.58. The van der Waals surface area contributed by atoms with E-state index in [-0.39, 0.29) is 0 Å². The molecule has 0 radical (unpaired) electrons. The second kappa shape index (κ2) is 6.89. The highest BCUT2D eigenvalue weighted by Gasteiger charge is 2.19. The summed E-state index contributed by atoms with van der Waals surface area (Å²) in [5.41, 5.74) is 0. The van der Waals surface area contributed by atoms with Gasteiger partial charge in [0, 0.05) is 24.2 Å². The summed E-state index contributed by atoms with van der Waals surface area (Å²) >= 11 is 1.73. The van der Waals surface area contributed by atoms with Gasteiger partial charge in [0.25, 0.3) is 0 Å². The van der Waals surface area contributed by atoms with E-state index in [9.17, 15) is 0 Å². The van der Waals surface area contributed by atoms with Gasteiger partial charge < -0.3 is 10.6 Å². The Morgan fingerprint density at radius 1 is 1.53 bits per heavy atom. The van der Waals surface area contributed by atoms with Gasteiger partial charge in [0.05, 0.1) is 6.54 Å². The van der Waals surface area contributed by atoms with Crippen molar-refractivity contribution in [3.63, 3.8) is 0 Å². The Labute approximate surface area is 119 Å². The number of thiazole rings is 1. The molecule has 1 aromatic rings. The number of aliphatic imine (C=N–C) groups is 1. The Bertz CT molecular complexity index is 427.